The Labute approximate surface area is 191 Å². The largest absolute Gasteiger partial charge is 0.459 e. The molecule has 0 spiro atoms. The van der Waals surface area contributed by atoms with Crippen molar-refractivity contribution in [1.29, 1.82) is 0 Å². The number of thioether (sulfide) groups is 1. The van der Waals surface area contributed by atoms with Crippen LogP contribution in [-0.4, -0.2) is 45.2 Å². The van der Waals surface area contributed by atoms with Crippen molar-refractivity contribution in [3.8, 4) is 0 Å². The van der Waals surface area contributed by atoms with Gasteiger partial charge in [0.2, 0.25) is 0 Å². The summed E-state index contributed by atoms with van der Waals surface area (Å²) in [5.74, 6) is -0.580. The molecule has 1 amide bonds. The average Bonchev–Trinajstić information content (AvgIpc) is 3.21. The molecule has 4 rings (SSSR count). The summed E-state index contributed by atoms with van der Waals surface area (Å²) >= 11 is 7.53. The van der Waals surface area contributed by atoms with Gasteiger partial charge in [-0.15, -0.1) is 11.6 Å². The minimum Gasteiger partial charge on any atom is -0.459 e. The topological polar surface area (TPSA) is 59.0 Å². The fourth-order valence-corrected chi connectivity index (χ4v) is 5.29. The zero-order chi connectivity index (χ0) is 22.0. The van der Waals surface area contributed by atoms with Crippen LogP contribution in [-0.2, 0) is 20.9 Å². The van der Waals surface area contributed by atoms with Crippen LogP contribution in [0.15, 0.2) is 77.8 Å². The van der Waals surface area contributed by atoms with Crippen LogP contribution in [0.1, 0.15) is 24.0 Å². The third-order valence-electron chi connectivity index (χ3n) is 5.51. The van der Waals surface area contributed by atoms with Gasteiger partial charge in [0.15, 0.2) is 12.1 Å². The molecule has 0 saturated carbocycles. The Morgan fingerprint density at radius 3 is 2.48 bits per heavy atom. The second-order valence-electron chi connectivity index (χ2n) is 7.59. The summed E-state index contributed by atoms with van der Waals surface area (Å²) in [4.78, 5) is 32.0. The van der Waals surface area contributed by atoms with Crippen molar-refractivity contribution in [2.45, 2.75) is 36.9 Å². The molecule has 5 nitrogen and oxygen atoms in total. The number of hydrogen-bond donors (Lipinski definition) is 0. The maximum atomic E-state index is 12.9. The molecule has 4 unspecified atom stereocenters. The molecule has 2 aliphatic heterocycles. The first-order valence-corrected chi connectivity index (χ1v) is 11.5. The number of hydrogen-bond acceptors (Lipinski definition) is 5. The van der Waals surface area contributed by atoms with Gasteiger partial charge in [-0.05, 0) is 16.7 Å². The van der Waals surface area contributed by atoms with Crippen LogP contribution in [0, 0.1) is 0 Å². The van der Waals surface area contributed by atoms with E-state index in [0.717, 1.165) is 16.2 Å². The Hall–Kier alpha value is -2.57. The van der Waals surface area contributed by atoms with E-state index in [-0.39, 0.29) is 29.7 Å². The average molecular weight is 455 g/mol. The molecule has 1 saturated heterocycles. The molecule has 0 bridgehead atoms. The van der Waals surface area contributed by atoms with Crippen molar-refractivity contribution >= 4 is 40.3 Å². The van der Waals surface area contributed by atoms with E-state index in [9.17, 15) is 9.59 Å². The Balaban J connectivity index is 1.47. The second kappa shape index (κ2) is 9.28. The van der Waals surface area contributed by atoms with Crippen molar-refractivity contribution in [1.82, 2.24) is 4.90 Å². The molecule has 2 heterocycles. The maximum Gasteiger partial charge on any atom is 0.333 e. The van der Waals surface area contributed by atoms with Crippen LogP contribution >= 0.6 is 23.4 Å². The van der Waals surface area contributed by atoms with Gasteiger partial charge in [0.05, 0.1) is 5.04 Å². The summed E-state index contributed by atoms with van der Waals surface area (Å²) in [5.41, 5.74) is 2.45. The summed E-state index contributed by atoms with van der Waals surface area (Å²) < 4.78 is 5.51. The minimum atomic E-state index is -0.913. The highest BCUT2D eigenvalue weighted by Crippen LogP contribution is 2.44. The predicted octanol–water partition coefficient (Wildman–Crippen LogP) is 4.38. The van der Waals surface area contributed by atoms with Gasteiger partial charge in [0.25, 0.3) is 5.91 Å². The molecule has 2 aromatic carbocycles. The van der Waals surface area contributed by atoms with Crippen molar-refractivity contribution in [2.24, 2.45) is 4.99 Å². The van der Waals surface area contributed by atoms with Crippen molar-refractivity contribution in [3.63, 3.8) is 0 Å². The maximum absolute atomic E-state index is 12.9. The van der Waals surface area contributed by atoms with Gasteiger partial charge in [-0.2, -0.15) is 0 Å². The molecule has 0 radical (unpaired) electrons. The standard InChI is InChI=1S/C24H23ClN2O3S/c1-15(13-25)20(24(29)30-14-17-9-5-3-6-10-17)27-22(28)19-23(27)31-21(26-19)16(2)18-11-7-4-8-12-18/h3-12,16,19-20,23H,1,13-14H2,2H3. The van der Waals surface area contributed by atoms with Crippen molar-refractivity contribution in [3.05, 3.63) is 83.9 Å². The van der Waals surface area contributed by atoms with Gasteiger partial charge in [0, 0.05) is 11.8 Å². The van der Waals surface area contributed by atoms with Gasteiger partial charge in [-0.25, -0.2) is 4.79 Å². The monoisotopic (exact) mass is 454 g/mol. The minimum absolute atomic E-state index is 0.0606. The number of esters is 1. The zero-order valence-electron chi connectivity index (χ0n) is 17.1. The van der Waals surface area contributed by atoms with Crippen LogP contribution in [0.4, 0.5) is 0 Å². The van der Waals surface area contributed by atoms with E-state index in [1.54, 1.807) is 0 Å². The van der Waals surface area contributed by atoms with Crippen molar-refractivity contribution in [2.75, 3.05) is 5.88 Å². The number of β-lactam (4-membered cyclic amide) rings is 1. The van der Waals surface area contributed by atoms with E-state index in [4.69, 9.17) is 16.3 Å². The van der Waals surface area contributed by atoms with E-state index < -0.39 is 18.1 Å². The Morgan fingerprint density at radius 2 is 1.84 bits per heavy atom. The Morgan fingerprint density at radius 1 is 1.19 bits per heavy atom. The summed E-state index contributed by atoms with van der Waals surface area (Å²) in [5, 5.41) is 0.646. The third-order valence-corrected chi connectivity index (χ3v) is 7.28. The van der Waals surface area contributed by atoms with Gasteiger partial charge in [-0.3, -0.25) is 9.79 Å². The highest BCUT2D eigenvalue weighted by molar-refractivity contribution is 8.15. The number of benzene rings is 2. The summed E-state index contributed by atoms with van der Waals surface area (Å²) in [7, 11) is 0. The zero-order valence-corrected chi connectivity index (χ0v) is 18.7. The molecule has 4 atom stereocenters. The fraction of sp³-hybridized carbons (Fsp3) is 0.292. The quantitative estimate of drug-likeness (QED) is 0.257. The van der Waals surface area contributed by atoms with Crippen LogP contribution in [0.2, 0.25) is 0 Å². The van der Waals surface area contributed by atoms with E-state index in [0.29, 0.717) is 5.57 Å². The van der Waals surface area contributed by atoms with Gasteiger partial charge < -0.3 is 9.64 Å². The number of aliphatic imine (C=N–C) groups is 1. The van der Waals surface area contributed by atoms with Crippen LogP contribution in [0.3, 0.4) is 0 Å². The van der Waals surface area contributed by atoms with E-state index >= 15 is 0 Å². The van der Waals surface area contributed by atoms with Crippen molar-refractivity contribution < 1.29 is 14.3 Å². The number of nitrogens with zero attached hydrogens (tertiary/aromatic N) is 2. The van der Waals surface area contributed by atoms with E-state index in [2.05, 4.69) is 18.5 Å². The lowest BCUT2D eigenvalue weighted by Crippen LogP contribution is -2.66. The van der Waals surface area contributed by atoms with Crippen LogP contribution in [0.5, 0.6) is 0 Å². The van der Waals surface area contributed by atoms with E-state index in [1.165, 1.54) is 16.7 Å². The molecule has 31 heavy (non-hydrogen) atoms. The molecule has 0 aliphatic carbocycles. The molecule has 160 valence electrons. The highest BCUT2D eigenvalue weighted by atomic mass is 35.5. The number of carbonyl (C=O) groups is 2. The number of alkyl halides is 1. The molecule has 2 aliphatic rings. The predicted molar refractivity (Wildman–Crippen MR) is 124 cm³/mol. The van der Waals surface area contributed by atoms with Gasteiger partial charge >= 0.3 is 5.97 Å². The molecule has 0 N–H and O–H groups in total. The second-order valence-corrected chi connectivity index (χ2v) is 8.99. The Bertz CT molecular complexity index is 1010. The normalized spacial score (nSPS) is 21.5. The lowest BCUT2D eigenvalue weighted by atomic mass is 9.99. The number of ether oxygens (including phenoxy) is 1. The molecular weight excluding hydrogens is 432 g/mol. The first kappa shape index (κ1) is 21.7. The lowest BCUT2D eigenvalue weighted by Gasteiger charge is -2.45. The number of fused-ring (bicyclic) bond motifs is 1. The number of carbonyl (C=O) groups excluding carboxylic acids is 2. The van der Waals surface area contributed by atoms with Gasteiger partial charge in [0.1, 0.15) is 12.0 Å². The Kier molecular flexibility index (Phi) is 6.49. The first-order chi connectivity index (χ1) is 15.0. The SMILES string of the molecule is C=C(CCl)C(C(=O)OCc1ccccc1)N1C(=O)C2N=C(C(C)c3ccccc3)SC21. The molecule has 2 aromatic rings. The van der Waals surface area contributed by atoms with Crippen LogP contribution < -0.4 is 0 Å². The molecule has 7 heteroatoms. The molecule has 1 fully saturated rings. The van der Waals surface area contributed by atoms with E-state index in [1.807, 2.05) is 60.7 Å². The van der Waals surface area contributed by atoms with Crippen LogP contribution in [0.25, 0.3) is 0 Å². The molecule has 0 aromatic heterocycles. The fourth-order valence-electron chi connectivity index (χ4n) is 3.73. The third kappa shape index (κ3) is 4.27. The smallest absolute Gasteiger partial charge is 0.333 e. The number of halogens is 1. The lowest BCUT2D eigenvalue weighted by molar-refractivity contribution is -0.161. The first-order valence-electron chi connectivity index (χ1n) is 10.1. The number of rotatable bonds is 8. The number of likely N-dealkylation sites (tertiary alicyclic amines) is 1. The summed E-state index contributed by atoms with van der Waals surface area (Å²) in [6, 6.07) is 18.1. The summed E-state index contributed by atoms with van der Waals surface area (Å²) in [6.45, 7) is 6.13. The van der Waals surface area contributed by atoms with Gasteiger partial charge in [-0.1, -0.05) is 85.9 Å². The highest BCUT2D eigenvalue weighted by Gasteiger charge is 2.57. The number of amides is 1. The molecular formula is C24H23ClN2O3S. The summed E-state index contributed by atoms with van der Waals surface area (Å²) in [6.07, 6.45) is 0.